The Labute approximate surface area is 148 Å². The summed E-state index contributed by atoms with van der Waals surface area (Å²) in [6, 6.07) is 7.37. The van der Waals surface area contributed by atoms with Crippen LogP contribution in [0.25, 0.3) is 0 Å². The van der Waals surface area contributed by atoms with E-state index in [1.54, 1.807) is 13.2 Å². The van der Waals surface area contributed by atoms with E-state index >= 15 is 0 Å². The first-order chi connectivity index (χ1) is 12.2. The molecule has 0 radical (unpaired) electrons. The molecule has 1 unspecified atom stereocenters. The van der Waals surface area contributed by atoms with Gasteiger partial charge in [-0.15, -0.1) is 0 Å². The number of piperidine rings is 1. The highest BCUT2D eigenvalue weighted by molar-refractivity contribution is 5.78. The first-order valence-corrected chi connectivity index (χ1v) is 9.10. The molecule has 1 amide bonds. The van der Waals surface area contributed by atoms with E-state index in [9.17, 15) is 9.90 Å². The van der Waals surface area contributed by atoms with Crippen molar-refractivity contribution in [2.75, 3.05) is 26.8 Å². The summed E-state index contributed by atoms with van der Waals surface area (Å²) < 4.78 is 10.8. The SMILES string of the molecule is COc1cccc(OCC(=O)NC(C2CCNCC2)C2CC(O)C2)c1. The second-order valence-electron chi connectivity index (χ2n) is 7.03. The molecule has 2 fully saturated rings. The van der Waals surface area contributed by atoms with Crippen molar-refractivity contribution < 1.29 is 19.4 Å². The molecule has 1 aromatic rings. The van der Waals surface area contributed by atoms with E-state index in [2.05, 4.69) is 10.6 Å². The Hall–Kier alpha value is -1.79. The maximum atomic E-state index is 12.4. The fourth-order valence-electron chi connectivity index (χ4n) is 3.81. The predicted octanol–water partition coefficient (Wildman–Crippen LogP) is 1.33. The van der Waals surface area contributed by atoms with E-state index in [4.69, 9.17) is 9.47 Å². The number of carbonyl (C=O) groups is 1. The Morgan fingerprint density at radius 2 is 2.00 bits per heavy atom. The molecule has 1 atom stereocenters. The highest BCUT2D eigenvalue weighted by Crippen LogP contribution is 2.35. The lowest BCUT2D eigenvalue weighted by Crippen LogP contribution is -2.53. The van der Waals surface area contributed by atoms with Gasteiger partial charge < -0.3 is 25.2 Å². The minimum Gasteiger partial charge on any atom is -0.497 e. The van der Waals surface area contributed by atoms with Gasteiger partial charge in [-0.1, -0.05) is 6.07 Å². The number of aliphatic hydroxyl groups excluding tert-OH is 1. The van der Waals surface area contributed by atoms with Crippen LogP contribution in [-0.2, 0) is 4.79 Å². The Bertz CT molecular complexity index is 568. The molecule has 0 spiro atoms. The van der Waals surface area contributed by atoms with Crippen molar-refractivity contribution in [3.63, 3.8) is 0 Å². The monoisotopic (exact) mass is 348 g/mol. The molecule has 2 aliphatic rings. The van der Waals surface area contributed by atoms with Gasteiger partial charge in [-0.05, 0) is 62.7 Å². The predicted molar refractivity (Wildman–Crippen MR) is 94.7 cm³/mol. The minimum absolute atomic E-state index is 0.0100. The molecule has 138 valence electrons. The minimum atomic E-state index is -0.209. The molecule has 6 heteroatoms. The summed E-state index contributed by atoms with van der Waals surface area (Å²) in [7, 11) is 1.60. The molecule has 1 heterocycles. The summed E-state index contributed by atoms with van der Waals surface area (Å²) >= 11 is 0. The lowest BCUT2D eigenvalue weighted by molar-refractivity contribution is -0.125. The van der Waals surface area contributed by atoms with Crippen molar-refractivity contribution in [3.05, 3.63) is 24.3 Å². The Balaban J connectivity index is 1.54. The molecule has 1 saturated heterocycles. The Kier molecular flexibility index (Phi) is 6.15. The molecular formula is C19H28N2O4. The molecular weight excluding hydrogens is 320 g/mol. The van der Waals surface area contributed by atoms with Crippen molar-refractivity contribution in [2.45, 2.75) is 37.8 Å². The zero-order valence-electron chi connectivity index (χ0n) is 14.7. The van der Waals surface area contributed by atoms with E-state index in [0.29, 0.717) is 23.3 Å². The standard InChI is InChI=1S/C19H28N2O4/c1-24-16-3-2-4-17(11-16)25-12-18(23)21-19(14-9-15(22)10-14)13-5-7-20-8-6-13/h2-4,11,13-15,19-20,22H,5-10,12H2,1H3,(H,21,23). The summed E-state index contributed by atoms with van der Waals surface area (Å²) in [5, 5.41) is 16.2. The van der Waals surface area contributed by atoms with Crippen LogP contribution in [0.4, 0.5) is 0 Å². The number of amides is 1. The molecule has 1 aliphatic carbocycles. The third-order valence-corrected chi connectivity index (χ3v) is 5.29. The average molecular weight is 348 g/mol. The van der Waals surface area contributed by atoms with Gasteiger partial charge in [-0.25, -0.2) is 0 Å². The normalized spacial score (nSPS) is 24.9. The number of hydrogen-bond donors (Lipinski definition) is 3. The van der Waals surface area contributed by atoms with E-state index in [1.807, 2.05) is 18.2 Å². The number of ether oxygens (including phenoxy) is 2. The topological polar surface area (TPSA) is 79.8 Å². The van der Waals surface area contributed by atoms with Crippen LogP contribution in [0, 0.1) is 11.8 Å². The van der Waals surface area contributed by atoms with E-state index in [1.165, 1.54) is 0 Å². The molecule has 3 N–H and O–H groups in total. The lowest BCUT2D eigenvalue weighted by atomic mass is 9.71. The van der Waals surface area contributed by atoms with Crippen molar-refractivity contribution in [1.82, 2.24) is 10.6 Å². The maximum Gasteiger partial charge on any atom is 0.258 e. The Morgan fingerprint density at radius 3 is 2.68 bits per heavy atom. The van der Waals surface area contributed by atoms with Crippen molar-refractivity contribution in [2.24, 2.45) is 11.8 Å². The summed E-state index contributed by atoms with van der Waals surface area (Å²) in [5.74, 6) is 2.06. The Morgan fingerprint density at radius 1 is 1.28 bits per heavy atom. The van der Waals surface area contributed by atoms with Gasteiger partial charge in [0.2, 0.25) is 0 Å². The van der Waals surface area contributed by atoms with Crippen LogP contribution in [-0.4, -0.2) is 50.0 Å². The molecule has 1 saturated carbocycles. The van der Waals surface area contributed by atoms with Gasteiger partial charge in [0.25, 0.3) is 5.91 Å². The fourth-order valence-corrected chi connectivity index (χ4v) is 3.81. The van der Waals surface area contributed by atoms with E-state index in [0.717, 1.165) is 38.8 Å². The second kappa shape index (κ2) is 8.54. The molecule has 1 aliphatic heterocycles. The van der Waals surface area contributed by atoms with Gasteiger partial charge in [0, 0.05) is 12.1 Å². The van der Waals surface area contributed by atoms with Gasteiger partial charge in [-0.2, -0.15) is 0 Å². The zero-order valence-corrected chi connectivity index (χ0v) is 14.7. The van der Waals surface area contributed by atoms with Crippen molar-refractivity contribution in [3.8, 4) is 11.5 Å². The van der Waals surface area contributed by atoms with Gasteiger partial charge in [0.15, 0.2) is 6.61 Å². The number of benzene rings is 1. The van der Waals surface area contributed by atoms with Crippen molar-refractivity contribution >= 4 is 5.91 Å². The molecule has 6 nitrogen and oxygen atoms in total. The number of methoxy groups -OCH3 is 1. The lowest BCUT2D eigenvalue weighted by Gasteiger charge is -2.43. The number of nitrogens with one attached hydrogen (secondary N) is 2. The van der Waals surface area contributed by atoms with Crippen LogP contribution < -0.4 is 20.1 Å². The third kappa shape index (κ3) is 4.86. The zero-order chi connectivity index (χ0) is 17.6. The highest BCUT2D eigenvalue weighted by atomic mass is 16.5. The highest BCUT2D eigenvalue weighted by Gasteiger charge is 2.39. The third-order valence-electron chi connectivity index (χ3n) is 5.29. The van der Waals surface area contributed by atoms with Crippen LogP contribution in [0.1, 0.15) is 25.7 Å². The van der Waals surface area contributed by atoms with Gasteiger partial charge >= 0.3 is 0 Å². The first-order valence-electron chi connectivity index (χ1n) is 9.10. The van der Waals surface area contributed by atoms with Crippen molar-refractivity contribution in [1.29, 1.82) is 0 Å². The molecule has 25 heavy (non-hydrogen) atoms. The van der Waals surface area contributed by atoms with Crippen LogP contribution in [0.3, 0.4) is 0 Å². The van der Waals surface area contributed by atoms with Crippen LogP contribution in [0.5, 0.6) is 11.5 Å². The summed E-state index contributed by atoms with van der Waals surface area (Å²) in [6.07, 6.45) is 3.49. The number of hydrogen-bond acceptors (Lipinski definition) is 5. The van der Waals surface area contributed by atoms with Gasteiger partial charge in [0.1, 0.15) is 11.5 Å². The van der Waals surface area contributed by atoms with Crippen LogP contribution in [0.15, 0.2) is 24.3 Å². The van der Waals surface area contributed by atoms with E-state index < -0.39 is 0 Å². The summed E-state index contributed by atoms with van der Waals surface area (Å²) in [6.45, 7) is 1.98. The first kappa shape index (κ1) is 18.0. The van der Waals surface area contributed by atoms with Gasteiger partial charge in [0.05, 0.1) is 13.2 Å². The second-order valence-corrected chi connectivity index (χ2v) is 7.03. The molecule has 0 aromatic heterocycles. The maximum absolute atomic E-state index is 12.4. The fraction of sp³-hybridized carbons (Fsp3) is 0.632. The summed E-state index contributed by atoms with van der Waals surface area (Å²) in [4.78, 5) is 12.4. The molecule has 3 rings (SSSR count). The molecule has 1 aromatic carbocycles. The number of carbonyl (C=O) groups excluding carboxylic acids is 1. The van der Waals surface area contributed by atoms with Crippen LogP contribution >= 0.6 is 0 Å². The van der Waals surface area contributed by atoms with Gasteiger partial charge in [-0.3, -0.25) is 4.79 Å². The molecule has 0 bridgehead atoms. The number of rotatable bonds is 7. The average Bonchev–Trinajstić information content (AvgIpc) is 2.63. The van der Waals surface area contributed by atoms with E-state index in [-0.39, 0.29) is 24.7 Å². The smallest absolute Gasteiger partial charge is 0.258 e. The summed E-state index contributed by atoms with van der Waals surface area (Å²) in [5.41, 5.74) is 0. The van der Waals surface area contributed by atoms with Crippen LogP contribution in [0.2, 0.25) is 0 Å². The number of aliphatic hydroxyl groups is 1. The largest absolute Gasteiger partial charge is 0.497 e. The quantitative estimate of drug-likeness (QED) is 0.693.